The molecule has 2 bridgehead atoms. The van der Waals surface area contributed by atoms with E-state index in [-0.39, 0.29) is 35.5 Å². The van der Waals surface area contributed by atoms with E-state index in [0.717, 1.165) is 6.42 Å². The Balaban J connectivity index is 1.76. The number of hydrogen-bond donors (Lipinski definition) is 0. The number of allylic oxidation sites excluding steroid dienone is 2. The molecule has 1 saturated carbocycles. The summed E-state index contributed by atoms with van der Waals surface area (Å²) in [6, 6.07) is 5.15. The van der Waals surface area contributed by atoms with Gasteiger partial charge in [0.2, 0.25) is 11.8 Å². The number of rotatable bonds is 1. The maximum absolute atomic E-state index is 12.6. The van der Waals surface area contributed by atoms with Gasteiger partial charge in [0.05, 0.1) is 22.5 Å². The zero-order chi connectivity index (χ0) is 14.0. The van der Waals surface area contributed by atoms with Gasteiger partial charge >= 0.3 is 0 Å². The van der Waals surface area contributed by atoms with E-state index in [2.05, 4.69) is 28.1 Å². The van der Waals surface area contributed by atoms with Crippen molar-refractivity contribution in [3.05, 3.63) is 39.8 Å². The van der Waals surface area contributed by atoms with Gasteiger partial charge in [-0.05, 0) is 52.4 Å². The SMILES string of the molecule is O=C1C2C3C=CC(C3)C2C(=O)N1c1ccc(Cl)c(Br)c1. The lowest BCUT2D eigenvalue weighted by molar-refractivity contribution is -0.123. The summed E-state index contributed by atoms with van der Waals surface area (Å²) in [5.41, 5.74) is 0.602. The molecule has 4 unspecified atom stereocenters. The van der Waals surface area contributed by atoms with E-state index >= 15 is 0 Å². The van der Waals surface area contributed by atoms with Gasteiger partial charge in [-0.1, -0.05) is 23.8 Å². The lowest BCUT2D eigenvalue weighted by Gasteiger charge is -2.17. The summed E-state index contributed by atoms with van der Waals surface area (Å²) >= 11 is 9.30. The van der Waals surface area contributed by atoms with Gasteiger partial charge in [0, 0.05) is 4.47 Å². The molecule has 102 valence electrons. The number of halogens is 2. The molecule has 4 rings (SSSR count). The van der Waals surface area contributed by atoms with Crippen molar-refractivity contribution in [2.75, 3.05) is 4.90 Å². The zero-order valence-corrected chi connectivity index (χ0v) is 12.8. The van der Waals surface area contributed by atoms with Crippen LogP contribution in [0.5, 0.6) is 0 Å². The normalized spacial score (nSPS) is 34.2. The molecule has 1 aromatic rings. The quantitative estimate of drug-likeness (QED) is 0.574. The van der Waals surface area contributed by atoms with Gasteiger partial charge in [-0.3, -0.25) is 9.59 Å². The van der Waals surface area contributed by atoms with Crippen LogP contribution in [0.4, 0.5) is 5.69 Å². The van der Waals surface area contributed by atoms with Gasteiger partial charge in [0.25, 0.3) is 0 Å². The summed E-state index contributed by atoms with van der Waals surface area (Å²) in [5.74, 6) is 0.0282. The number of benzene rings is 1. The molecule has 3 nitrogen and oxygen atoms in total. The minimum atomic E-state index is -0.160. The van der Waals surface area contributed by atoms with E-state index in [1.807, 2.05) is 0 Å². The first-order chi connectivity index (χ1) is 9.58. The van der Waals surface area contributed by atoms with Crippen molar-refractivity contribution in [3.63, 3.8) is 0 Å². The fraction of sp³-hybridized carbons (Fsp3) is 0.333. The number of anilines is 1. The zero-order valence-electron chi connectivity index (χ0n) is 10.4. The molecule has 5 heteroatoms. The lowest BCUT2D eigenvalue weighted by atomic mass is 9.85. The van der Waals surface area contributed by atoms with E-state index in [9.17, 15) is 9.59 Å². The minimum absolute atomic E-state index is 0.0638. The van der Waals surface area contributed by atoms with Crippen LogP contribution in [-0.2, 0) is 9.59 Å². The standard InChI is InChI=1S/C15H11BrClNO2/c16-10-6-9(3-4-11(10)17)18-14(19)12-7-1-2-8(5-7)13(12)15(18)20/h1-4,6-8,12-13H,5H2. The first-order valence-corrected chi connectivity index (χ1v) is 7.76. The summed E-state index contributed by atoms with van der Waals surface area (Å²) in [5, 5.41) is 0.565. The van der Waals surface area contributed by atoms with E-state index in [0.29, 0.717) is 15.2 Å². The fourth-order valence-electron chi connectivity index (χ4n) is 3.78. The van der Waals surface area contributed by atoms with E-state index in [4.69, 9.17) is 11.6 Å². The number of carbonyl (C=O) groups excluding carboxylic acids is 2. The number of hydrogen-bond acceptors (Lipinski definition) is 2. The van der Waals surface area contributed by atoms with Crippen molar-refractivity contribution in [2.45, 2.75) is 6.42 Å². The van der Waals surface area contributed by atoms with Crippen LogP contribution >= 0.6 is 27.5 Å². The van der Waals surface area contributed by atoms with Gasteiger partial charge < -0.3 is 0 Å². The highest BCUT2D eigenvalue weighted by Gasteiger charge is 2.59. The van der Waals surface area contributed by atoms with Crippen molar-refractivity contribution in [2.24, 2.45) is 23.7 Å². The number of imide groups is 1. The molecule has 0 N–H and O–H groups in total. The van der Waals surface area contributed by atoms with Crippen molar-refractivity contribution in [3.8, 4) is 0 Å². The molecular weight excluding hydrogens is 342 g/mol. The molecule has 1 heterocycles. The van der Waals surface area contributed by atoms with Gasteiger partial charge in [-0.15, -0.1) is 0 Å². The second-order valence-electron chi connectivity index (χ2n) is 5.61. The largest absolute Gasteiger partial charge is 0.274 e. The van der Waals surface area contributed by atoms with E-state index in [1.54, 1.807) is 18.2 Å². The summed E-state index contributed by atoms with van der Waals surface area (Å²) in [6.07, 6.45) is 5.14. The Morgan fingerprint density at radius 2 is 1.70 bits per heavy atom. The van der Waals surface area contributed by atoms with Crippen LogP contribution in [0.15, 0.2) is 34.8 Å². The first kappa shape index (κ1) is 12.6. The summed E-state index contributed by atoms with van der Waals surface area (Å²) in [4.78, 5) is 26.5. The maximum Gasteiger partial charge on any atom is 0.238 e. The number of amides is 2. The summed E-state index contributed by atoms with van der Waals surface area (Å²) in [7, 11) is 0. The molecule has 2 aliphatic carbocycles. The third-order valence-corrected chi connectivity index (χ3v) is 5.85. The van der Waals surface area contributed by atoms with Crippen LogP contribution in [0.3, 0.4) is 0 Å². The van der Waals surface area contributed by atoms with Crippen LogP contribution in [0, 0.1) is 23.7 Å². The third kappa shape index (κ3) is 1.52. The van der Waals surface area contributed by atoms with Crippen LogP contribution in [0.2, 0.25) is 5.02 Å². The topological polar surface area (TPSA) is 37.4 Å². The highest BCUT2D eigenvalue weighted by atomic mass is 79.9. The van der Waals surface area contributed by atoms with Crippen LogP contribution in [0.25, 0.3) is 0 Å². The molecule has 3 aliphatic rings. The maximum atomic E-state index is 12.6. The summed E-state index contributed by atoms with van der Waals surface area (Å²) < 4.78 is 0.690. The molecule has 0 spiro atoms. The third-order valence-electron chi connectivity index (χ3n) is 4.63. The molecule has 1 aromatic carbocycles. The van der Waals surface area contributed by atoms with Gasteiger partial charge in [-0.25, -0.2) is 4.90 Å². The van der Waals surface area contributed by atoms with Crippen molar-refractivity contribution in [1.82, 2.24) is 0 Å². The Morgan fingerprint density at radius 3 is 2.25 bits per heavy atom. The van der Waals surface area contributed by atoms with Crippen LogP contribution in [-0.4, -0.2) is 11.8 Å². The molecule has 20 heavy (non-hydrogen) atoms. The fourth-order valence-corrected chi connectivity index (χ4v) is 4.27. The Labute approximate surface area is 129 Å². The predicted octanol–water partition coefficient (Wildman–Crippen LogP) is 3.41. The highest BCUT2D eigenvalue weighted by Crippen LogP contribution is 2.53. The molecule has 0 aromatic heterocycles. The average Bonchev–Trinajstić information content (AvgIpc) is 3.08. The second kappa shape index (κ2) is 4.18. The minimum Gasteiger partial charge on any atom is -0.274 e. The number of carbonyl (C=O) groups is 2. The molecular formula is C15H11BrClNO2. The van der Waals surface area contributed by atoms with E-state index < -0.39 is 0 Å². The van der Waals surface area contributed by atoms with Crippen molar-refractivity contribution < 1.29 is 9.59 Å². The Morgan fingerprint density at radius 1 is 1.10 bits per heavy atom. The predicted molar refractivity (Wildman–Crippen MR) is 79.4 cm³/mol. The molecule has 2 fully saturated rings. The Kier molecular flexibility index (Phi) is 2.63. The first-order valence-electron chi connectivity index (χ1n) is 6.59. The Bertz CT molecular complexity index is 642. The molecule has 1 aliphatic heterocycles. The highest BCUT2D eigenvalue weighted by molar-refractivity contribution is 9.10. The van der Waals surface area contributed by atoms with Gasteiger partial charge in [-0.2, -0.15) is 0 Å². The monoisotopic (exact) mass is 351 g/mol. The van der Waals surface area contributed by atoms with Crippen LogP contribution < -0.4 is 4.90 Å². The number of nitrogens with zero attached hydrogens (tertiary/aromatic N) is 1. The molecule has 0 radical (unpaired) electrons. The smallest absolute Gasteiger partial charge is 0.238 e. The Hall–Kier alpha value is -1.13. The number of fused-ring (bicyclic) bond motifs is 5. The molecule has 2 amide bonds. The van der Waals surface area contributed by atoms with Crippen molar-refractivity contribution in [1.29, 1.82) is 0 Å². The second-order valence-corrected chi connectivity index (χ2v) is 6.87. The average molecular weight is 353 g/mol. The van der Waals surface area contributed by atoms with Crippen molar-refractivity contribution >= 4 is 45.0 Å². The van der Waals surface area contributed by atoms with Gasteiger partial charge in [0.15, 0.2) is 0 Å². The molecule has 1 saturated heterocycles. The van der Waals surface area contributed by atoms with Crippen LogP contribution in [0.1, 0.15) is 6.42 Å². The summed E-state index contributed by atoms with van der Waals surface area (Å²) in [6.45, 7) is 0. The van der Waals surface area contributed by atoms with E-state index in [1.165, 1.54) is 4.90 Å². The lowest BCUT2D eigenvalue weighted by Crippen LogP contribution is -2.32. The molecule has 4 atom stereocenters. The van der Waals surface area contributed by atoms with Gasteiger partial charge in [0.1, 0.15) is 0 Å².